The first kappa shape index (κ1) is 15.8. The fraction of sp³-hybridized carbons (Fsp3) is 0.562. The van der Waals surface area contributed by atoms with Crippen LogP contribution >= 0.6 is 0 Å². The maximum atomic E-state index is 14.0. The minimum atomic E-state index is -0.889. The molecule has 1 aromatic rings. The summed E-state index contributed by atoms with van der Waals surface area (Å²) in [6, 6.07) is 4.99. The largest absolute Gasteiger partial charge is 0.488 e. The average molecular weight is 295 g/mol. The number of ether oxygens (including phenoxy) is 2. The Morgan fingerprint density at radius 2 is 2.19 bits per heavy atom. The molecule has 0 spiro atoms. The molecule has 0 heterocycles. The molecule has 0 amide bonds. The summed E-state index contributed by atoms with van der Waals surface area (Å²) in [5.41, 5.74) is -0.370. The number of hydrogen-bond donors (Lipinski definition) is 1. The van der Waals surface area contributed by atoms with Gasteiger partial charge in [0.15, 0.2) is 17.1 Å². The normalized spacial score (nSPS) is 17.1. The Hall–Kier alpha value is -1.62. The quantitative estimate of drug-likeness (QED) is 0.785. The highest BCUT2D eigenvalue weighted by Gasteiger charge is 2.52. The number of aryl methyl sites for hydroxylation is 1. The van der Waals surface area contributed by atoms with Crippen molar-refractivity contribution in [1.29, 1.82) is 0 Å². The molecule has 0 bridgehead atoms. The van der Waals surface area contributed by atoms with Gasteiger partial charge in [0.2, 0.25) is 0 Å². The number of methoxy groups -OCH3 is 1. The van der Waals surface area contributed by atoms with Gasteiger partial charge >= 0.3 is 5.97 Å². The molecule has 1 aliphatic rings. The molecule has 0 aromatic heterocycles. The van der Waals surface area contributed by atoms with Gasteiger partial charge in [-0.25, -0.2) is 9.18 Å². The van der Waals surface area contributed by atoms with Crippen molar-refractivity contribution in [2.75, 3.05) is 20.3 Å². The van der Waals surface area contributed by atoms with E-state index in [0.717, 1.165) is 12.8 Å². The molecule has 116 valence electrons. The van der Waals surface area contributed by atoms with Crippen LogP contribution in [0.2, 0.25) is 0 Å². The third-order valence-corrected chi connectivity index (χ3v) is 3.93. The van der Waals surface area contributed by atoms with Crippen LogP contribution in [0.1, 0.15) is 25.3 Å². The van der Waals surface area contributed by atoms with Crippen molar-refractivity contribution in [2.45, 2.75) is 32.2 Å². The number of carbonyl (C=O) groups is 1. The molecule has 1 aliphatic carbocycles. The van der Waals surface area contributed by atoms with E-state index in [-0.39, 0.29) is 30.1 Å². The van der Waals surface area contributed by atoms with Gasteiger partial charge in [-0.1, -0.05) is 19.1 Å². The van der Waals surface area contributed by atoms with E-state index in [0.29, 0.717) is 12.1 Å². The molecule has 1 unspecified atom stereocenters. The second kappa shape index (κ2) is 6.43. The van der Waals surface area contributed by atoms with E-state index in [4.69, 9.17) is 9.47 Å². The van der Waals surface area contributed by atoms with Crippen molar-refractivity contribution in [3.63, 3.8) is 0 Å². The average Bonchev–Trinajstić information content (AvgIpc) is 3.31. The van der Waals surface area contributed by atoms with Crippen molar-refractivity contribution in [2.24, 2.45) is 5.92 Å². The summed E-state index contributed by atoms with van der Waals surface area (Å²) >= 11 is 0. The van der Waals surface area contributed by atoms with Gasteiger partial charge in [-0.15, -0.1) is 0 Å². The summed E-state index contributed by atoms with van der Waals surface area (Å²) in [5, 5.41) is 3.19. The van der Waals surface area contributed by atoms with Crippen LogP contribution in [-0.2, 0) is 9.53 Å². The van der Waals surface area contributed by atoms with E-state index in [1.807, 2.05) is 6.92 Å². The predicted octanol–water partition coefficient (Wildman–Crippen LogP) is 2.44. The van der Waals surface area contributed by atoms with Crippen molar-refractivity contribution in [1.82, 2.24) is 5.32 Å². The lowest BCUT2D eigenvalue weighted by molar-refractivity contribution is -0.151. The van der Waals surface area contributed by atoms with Crippen LogP contribution in [0.3, 0.4) is 0 Å². The second-order valence-corrected chi connectivity index (χ2v) is 5.44. The summed E-state index contributed by atoms with van der Waals surface area (Å²) in [4.78, 5) is 12.2. The lowest BCUT2D eigenvalue weighted by Crippen LogP contribution is -2.58. The maximum Gasteiger partial charge on any atom is 0.329 e. The lowest BCUT2D eigenvalue weighted by atomic mass is 9.94. The molecule has 1 saturated carbocycles. The van der Waals surface area contributed by atoms with E-state index in [2.05, 4.69) is 5.32 Å². The highest BCUT2D eigenvalue weighted by Crippen LogP contribution is 2.41. The topological polar surface area (TPSA) is 47.6 Å². The minimum absolute atomic E-state index is 0.0680. The molecule has 1 N–H and O–H groups in total. The minimum Gasteiger partial charge on any atom is -0.488 e. The Morgan fingerprint density at radius 1 is 1.48 bits per heavy atom. The molecule has 4 nitrogen and oxygen atoms in total. The third-order valence-electron chi connectivity index (χ3n) is 3.93. The van der Waals surface area contributed by atoms with Crippen molar-refractivity contribution < 1.29 is 18.7 Å². The summed E-state index contributed by atoms with van der Waals surface area (Å²) in [6.45, 7) is 4.29. The first-order valence-electron chi connectivity index (χ1n) is 7.26. The fourth-order valence-corrected chi connectivity index (χ4v) is 2.61. The van der Waals surface area contributed by atoms with Gasteiger partial charge in [-0.2, -0.15) is 0 Å². The molecular formula is C16H22FNO3. The number of esters is 1. The Morgan fingerprint density at radius 3 is 2.76 bits per heavy atom. The monoisotopic (exact) mass is 295 g/mol. The number of benzene rings is 1. The molecule has 0 saturated heterocycles. The van der Waals surface area contributed by atoms with E-state index >= 15 is 0 Å². The zero-order chi connectivity index (χ0) is 15.5. The first-order valence-corrected chi connectivity index (χ1v) is 7.26. The van der Waals surface area contributed by atoms with Crippen molar-refractivity contribution in [3.05, 3.63) is 29.6 Å². The molecular weight excluding hydrogens is 273 g/mol. The lowest BCUT2D eigenvalue weighted by Gasteiger charge is -2.31. The van der Waals surface area contributed by atoms with Gasteiger partial charge < -0.3 is 9.47 Å². The summed E-state index contributed by atoms with van der Waals surface area (Å²) in [5.74, 6) is -0.386. The molecule has 1 fully saturated rings. The zero-order valence-electron chi connectivity index (χ0n) is 12.7. The van der Waals surface area contributed by atoms with Gasteiger partial charge in [0.25, 0.3) is 0 Å². The van der Waals surface area contributed by atoms with Gasteiger partial charge in [0.05, 0.1) is 7.11 Å². The Labute approximate surface area is 124 Å². The number of hydrogen-bond acceptors (Lipinski definition) is 4. The Kier molecular flexibility index (Phi) is 4.83. The SMILES string of the molecule is CCNC(COc1cccc(C)c1F)(C(=O)OC)C1CC1. The van der Waals surface area contributed by atoms with Crippen LogP contribution in [0, 0.1) is 18.7 Å². The fourth-order valence-electron chi connectivity index (χ4n) is 2.61. The van der Waals surface area contributed by atoms with Crippen LogP contribution in [0.25, 0.3) is 0 Å². The van der Waals surface area contributed by atoms with Gasteiger partial charge in [0.1, 0.15) is 6.61 Å². The summed E-state index contributed by atoms with van der Waals surface area (Å²) in [7, 11) is 1.37. The predicted molar refractivity (Wildman–Crippen MR) is 77.8 cm³/mol. The van der Waals surface area contributed by atoms with Gasteiger partial charge in [-0.3, -0.25) is 5.32 Å². The summed E-state index contributed by atoms with van der Waals surface area (Å²) < 4.78 is 24.6. The van der Waals surface area contributed by atoms with E-state index < -0.39 is 5.54 Å². The van der Waals surface area contributed by atoms with Crippen LogP contribution < -0.4 is 10.1 Å². The highest BCUT2D eigenvalue weighted by molar-refractivity contribution is 5.82. The maximum absolute atomic E-state index is 14.0. The number of likely N-dealkylation sites (N-methyl/N-ethyl adjacent to an activating group) is 1. The number of nitrogens with one attached hydrogen (secondary N) is 1. The van der Waals surface area contributed by atoms with Gasteiger partial charge in [0, 0.05) is 0 Å². The molecule has 1 aromatic carbocycles. The first-order chi connectivity index (χ1) is 10.0. The van der Waals surface area contributed by atoms with E-state index in [1.54, 1.807) is 25.1 Å². The van der Waals surface area contributed by atoms with E-state index in [9.17, 15) is 9.18 Å². The van der Waals surface area contributed by atoms with Gasteiger partial charge in [-0.05, 0) is 43.9 Å². The van der Waals surface area contributed by atoms with Crippen LogP contribution in [-0.4, -0.2) is 31.8 Å². The molecule has 21 heavy (non-hydrogen) atoms. The van der Waals surface area contributed by atoms with Crippen LogP contribution in [0.4, 0.5) is 4.39 Å². The highest BCUT2D eigenvalue weighted by atomic mass is 19.1. The zero-order valence-corrected chi connectivity index (χ0v) is 12.7. The van der Waals surface area contributed by atoms with Crippen LogP contribution in [0.5, 0.6) is 5.75 Å². The molecule has 0 aliphatic heterocycles. The Bertz CT molecular complexity index is 516. The molecule has 0 radical (unpaired) electrons. The van der Waals surface area contributed by atoms with E-state index in [1.165, 1.54) is 7.11 Å². The van der Waals surface area contributed by atoms with Crippen molar-refractivity contribution in [3.8, 4) is 5.75 Å². The third kappa shape index (κ3) is 3.18. The standard InChI is InChI=1S/C16H22FNO3/c1-4-18-16(12-8-9-12,15(19)20-3)10-21-13-7-5-6-11(2)14(13)17/h5-7,12,18H,4,8-10H2,1-3H3. The number of halogens is 1. The second-order valence-electron chi connectivity index (χ2n) is 5.44. The Balaban J connectivity index is 2.19. The van der Waals surface area contributed by atoms with Crippen molar-refractivity contribution >= 4 is 5.97 Å². The molecule has 5 heteroatoms. The molecule has 2 rings (SSSR count). The molecule has 1 atom stereocenters. The van der Waals surface area contributed by atoms with Crippen LogP contribution in [0.15, 0.2) is 18.2 Å². The smallest absolute Gasteiger partial charge is 0.329 e. The number of carbonyl (C=O) groups excluding carboxylic acids is 1. The number of rotatable bonds is 7. The summed E-state index contributed by atoms with van der Waals surface area (Å²) in [6.07, 6.45) is 1.89.